The van der Waals surface area contributed by atoms with Gasteiger partial charge in [0.1, 0.15) is 0 Å². The first-order valence-electron chi connectivity index (χ1n) is 3.79. The predicted octanol–water partition coefficient (Wildman–Crippen LogP) is 0.422. The molecule has 2 amide bonds. The molecule has 1 aliphatic heterocycles. The molecule has 0 aromatic rings. The van der Waals surface area contributed by atoms with Crippen molar-refractivity contribution >= 4 is 6.03 Å². The average molecular weight is 160 g/mol. The zero-order valence-electron chi connectivity index (χ0n) is 7.43. The van der Waals surface area contributed by atoms with Gasteiger partial charge in [0.15, 0.2) is 6.23 Å². The van der Waals surface area contributed by atoms with Crippen molar-refractivity contribution in [1.82, 2.24) is 10.6 Å². The largest absolute Gasteiger partial charge is 0.371 e. The van der Waals surface area contributed by atoms with Gasteiger partial charge in [0.05, 0.1) is 5.54 Å². The summed E-state index contributed by atoms with van der Waals surface area (Å²) in [5.74, 6) is 0. The van der Waals surface area contributed by atoms with Crippen LogP contribution in [0.5, 0.6) is 0 Å². The van der Waals surface area contributed by atoms with Crippen LogP contribution in [0.1, 0.15) is 27.7 Å². The standard InChI is InChI=1S/C5H10N2O2.C2H6/c1-5(2)3(8)6-4(9)7-5;1-2/h3,8H,1-2H3,(H2,6,7,9);1-2H3. The second kappa shape index (κ2) is 3.57. The monoisotopic (exact) mass is 160 g/mol. The van der Waals surface area contributed by atoms with Gasteiger partial charge in [-0.2, -0.15) is 0 Å². The van der Waals surface area contributed by atoms with E-state index in [0.717, 1.165) is 0 Å². The van der Waals surface area contributed by atoms with Crippen molar-refractivity contribution in [2.75, 3.05) is 0 Å². The normalized spacial score (nSPS) is 26.3. The minimum absolute atomic E-state index is 0.312. The molecule has 1 atom stereocenters. The molecule has 0 saturated carbocycles. The molecular weight excluding hydrogens is 144 g/mol. The molecule has 1 fully saturated rings. The fraction of sp³-hybridized carbons (Fsp3) is 0.857. The highest BCUT2D eigenvalue weighted by molar-refractivity contribution is 5.77. The number of rotatable bonds is 0. The minimum Gasteiger partial charge on any atom is -0.371 e. The topological polar surface area (TPSA) is 61.4 Å². The lowest BCUT2D eigenvalue weighted by Crippen LogP contribution is -2.43. The Morgan fingerprint density at radius 1 is 1.45 bits per heavy atom. The quantitative estimate of drug-likeness (QED) is 0.481. The zero-order valence-corrected chi connectivity index (χ0v) is 7.43. The van der Waals surface area contributed by atoms with E-state index in [1.165, 1.54) is 0 Å². The average Bonchev–Trinajstić information content (AvgIpc) is 2.10. The Morgan fingerprint density at radius 2 is 1.91 bits per heavy atom. The molecule has 3 N–H and O–H groups in total. The van der Waals surface area contributed by atoms with Crippen LogP contribution in [-0.2, 0) is 0 Å². The van der Waals surface area contributed by atoms with Crippen molar-refractivity contribution in [3.05, 3.63) is 0 Å². The fourth-order valence-electron chi connectivity index (χ4n) is 0.702. The zero-order chi connectivity index (χ0) is 9.07. The van der Waals surface area contributed by atoms with E-state index < -0.39 is 11.8 Å². The van der Waals surface area contributed by atoms with Gasteiger partial charge < -0.3 is 15.7 Å². The van der Waals surface area contributed by atoms with Gasteiger partial charge >= 0.3 is 6.03 Å². The van der Waals surface area contributed by atoms with E-state index in [1.807, 2.05) is 13.8 Å². The van der Waals surface area contributed by atoms with Gasteiger partial charge in [-0.05, 0) is 13.8 Å². The molecule has 1 heterocycles. The van der Waals surface area contributed by atoms with Crippen LogP contribution >= 0.6 is 0 Å². The summed E-state index contributed by atoms with van der Waals surface area (Å²) in [5.41, 5.74) is -0.531. The number of hydrogen-bond donors (Lipinski definition) is 3. The van der Waals surface area contributed by atoms with Gasteiger partial charge in [-0.15, -0.1) is 0 Å². The number of aliphatic hydroxyl groups is 1. The first-order valence-corrected chi connectivity index (χ1v) is 3.79. The molecule has 1 unspecified atom stereocenters. The fourth-order valence-corrected chi connectivity index (χ4v) is 0.702. The molecule has 0 aromatic heterocycles. The van der Waals surface area contributed by atoms with Gasteiger partial charge in [0, 0.05) is 0 Å². The second-order valence-corrected chi connectivity index (χ2v) is 2.72. The van der Waals surface area contributed by atoms with Gasteiger partial charge in [-0.1, -0.05) is 13.8 Å². The summed E-state index contributed by atoms with van der Waals surface area (Å²) in [4.78, 5) is 10.5. The third-order valence-electron chi connectivity index (χ3n) is 1.39. The van der Waals surface area contributed by atoms with E-state index in [4.69, 9.17) is 5.11 Å². The molecule has 0 radical (unpaired) electrons. The van der Waals surface area contributed by atoms with Crippen molar-refractivity contribution in [3.63, 3.8) is 0 Å². The van der Waals surface area contributed by atoms with Crippen molar-refractivity contribution in [3.8, 4) is 0 Å². The summed E-state index contributed by atoms with van der Waals surface area (Å²) in [7, 11) is 0. The molecule has 0 aromatic carbocycles. The van der Waals surface area contributed by atoms with E-state index in [0.29, 0.717) is 0 Å². The van der Waals surface area contributed by atoms with E-state index in [1.54, 1.807) is 13.8 Å². The number of hydrogen-bond acceptors (Lipinski definition) is 2. The predicted molar refractivity (Wildman–Crippen MR) is 43.1 cm³/mol. The maximum absolute atomic E-state index is 10.5. The van der Waals surface area contributed by atoms with E-state index in [-0.39, 0.29) is 6.03 Å². The summed E-state index contributed by atoms with van der Waals surface area (Å²) < 4.78 is 0. The van der Waals surface area contributed by atoms with Crippen LogP contribution in [0.2, 0.25) is 0 Å². The molecule has 0 bridgehead atoms. The lowest BCUT2D eigenvalue weighted by Gasteiger charge is -2.19. The van der Waals surface area contributed by atoms with Gasteiger partial charge in [0.25, 0.3) is 0 Å². The smallest absolute Gasteiger partial charge is 0.317 e. The maximum atomic E-state index is 10.5. The molecular formula is C7H16N2O2. The molecule has 1 aliphatic rings. The van der Waals surface area contributed by atoms with Gasteiger partial charge in [0.2, 0.25) is 0 Å². The molecule has 4 nitrogen and oxygen atoms in total. The van der Waals surface area contributed by atoms with Crippen LogP contribution < -0.4 is 10.6 Å². The van der Waals surface area contributed by atoms with E-state index >= 15 is 0 Å². The number of amides is 2. The summed E-state index contributed by atoms with van der Waals surface area (Å²) in [6.45, 7) is 7.49. The SMILES string of the molecule is CC.CC1(C)NC(=O)NC1O. The Morgan fingerprint density at radius 3 is 2.00 bits per heavy atom. The van der Waals surface area contributed by atoms with E-state index in [9.17, 15) is 4.79 Å². The molecule has 0 spiro atoms. The summed E-state index contributed by atoms with van der Waals surface area (Å²) in [6, 6.07) is -0.312. The molecule has 1 saturated heterocycles. The van der Waals surface area contributed by atoms with Crippen LogP contribution in [0.4, 0.5) is 4.79 Å². The number of aliphatic hydroxyl groups excluding tert-OH is 1. The molecule has 4 heteroatoms. The molecule has 1 rings (SSSR count). The van der Waals surface area contributed by atoms with Crippen molar-refractivity contribution in [1.29, 1.82) is 0 Å². The van der Waals surface area contributed by atoms with Crippen LogP contribution in [-0.4, -0.2) is 22.9 Å². The van der Waals surface area contributed by atoms with Gasteiger partial charge in [-0.3, -0.25) is 0 Å². The highest BCUT2D eigenvalue weighted by Gasteiger charge is 2.36. The van der Waals surface area contributed by atoms with Crippen LogP contribution in [0.3, 0.4) is 0 Å². The third-order valence-corrected chi connectivity index (χ3v) is 1.39. The number of carbonyl (C=O) groups excluding carboxylic acids is 1. The lowest BCUT2D eigenvalue weighted by atomic mass is 10.1. The first-order chi connectivity index (χ1) is 5.02. The number of nitrogens with one attached hydrogen (secondary N) is 2. The number of urea groups is 1. The van der Waals surface area contributed by atoms with Crippen molar-refractivity contribution in [2.45, 2.75) is 39.5 Å². The Bertz CT molecular complexity index is 145. The second-order valence-electron chi connectivity index (χ2n) is 2.72. The van der Waals surface area contributed by atoms with Gasteiger partial charge in [-0.25, -0.2) is 4.79 Å². The summed E-state index contributed by atoms with van der Waals surface area (Å²) in [5, 5.41) is 13.9. The van der Waals surface area contributed by atoms with Crippen molar-refractivity contribution in [2.24, 2.45) is 0 Å². The molecule has 0 aliphatic carbocycles. The first kappa shape index (κ1) is 10.2. The highest BCUT2D eigenvalue weighted by atomic mass is 16.3. The third kappa shape index (κ3) is 2.38. The Labute approximate surface area is 67.0 Å². The maximum Gasteiger partial charge on any atom is 0.317 e. The summed E-state index contributed by atoms with van der Waals surface area (Å²) >= 11 is 0. The van der Waals surface area contributed by atoms with Crippen LogP contribution in [0, 0.1) is 0 Å². The molecule has 66 valence electrons. The highest BCUT2D eigenvalue weighted by Crippen LogP contribution is 2.10. The Kier molecular flexibility index (Phi) is 3.32. The van der Waals surface area contributed by atoms with Crippen LogP contribution in [0.15, 0.2) is 0 Å². The lowest BCUT2D eigenvalue weighted by molar-refractivity contribution is 0.101. The van der Waals surface area contributed by atoms with Crippen LogP contribution in [0.25, 0.3) is 0 Å². The Balaban J connectivity index is 0.000000461. The number of carbonyl (C=O) groups is 1. The minimum atomic E-state index is -0.773. The molecule has 11 heavy (non-hydrogen) atoms. The Hall–Kier alpha value is -0.770. The van der Waals surface area contributed by atoms with Crippen molar-refractivity contribution < 1.29 is 9.90 Å². The van der Waals surface area contributed by atoms with E-state index in [2.05, 4.69) is 10.6 Å². The summed E-state index contributed by atoms with van der Waals surface area (Å²) in [6.07, 6.45) is -0.773.